The Balaban J connectivity index is 1.78. The van der Waals surface area contributed by atoms with Crippen molar-refractivity contribution in [3.05, 3.63) is 0 Å². The van der Waals surface area contributed by atoms with Crippen molar-refractivity contribution in [1.29, 1.82) is 0 Å². The van der Waals surface area contributed by atoms with Crippen molar-refractivity contribution in [1.82, 2.24) is 5.32 Å². The number of nitrogens with two attached hydrogens (primary N) is 1. The number of nitrogens with one attached hydrogen (secondary N) is 1. The van der Waals surface area contributed by atoms with Gasteiger partial charge in [0, 0.05) is 12.6 Å². The van der Waals surface area contributed by atoms with E-state index in [1.165, 1.54) is 38.5 Å². The van der Waals surface area contributed by atoms with Gasteiger partial charge in [0.15, 0.2) is 0 Å². The number of rotatable bonds is 5. The summed E-state index contributed by atoms with van der Waals surface area (Å²) in [5.41, 5.74) is 5.30. The summed E-state index contributed by atoms with van der Waals surface area (Å²) >= 11 is 0. The first-order valence-corrected chi connectivity index (χ1v) is 6.79. The quantitative estimate of drug-likeness (QED) is 0.661. The molecule has 4 N–H and O–H groups in total. The Bertz CT molecular complexity index is 226. The van der Waals surface area contributed by atoms with Crippen molar-refractivity contribution in [3.8, 4) is 0 Å². The van der Waals surface area contributed by atoms with Crippen molar-refractivity contribution in [3.63, 3.8) is 0 Å². The summed E-state index contributed by atoms with van der Waals surface area (Å²) in [6.45, 7) is 3.49. The molecule has 2 rings (SSSR count). The van der Waals surface area contributed by atoms with Gasteiger partial charge in [0.2, 0.25) is 0 Å². The van der Waals surface area contributed by atoms with Gasteiger partial charge in [0.25, 0.3) is 0 Å². The van der Waals surface area contributed by atoms with Gasteiger partial charge in [-0.2, -0.15) is 0 Å². The highest BCUT2D eigenvalue weighted by Gasteiger charge is 2.40. The molecule has 3 nitrogen and oxygen atoms in total. The zero-order valence-corrected chi connectivity index (χ0v) is 10.4. The molecule has 0 aromatic rings. The number of hydrogen-bond donors (Lipinski definition) is 3. The maximum absolute atomic E-state index is 10.3. The van der Waals surface area contributed by atoms with E-state index in [-0.39, 0.29) is 0 Å². The largest absolute Gasteiger partial charge is 0.389 e. The van der Waals surface area contributed by atoms with Gasteiger partial charge in [-0.1, -0.05) is 12.8 Å². The summed E-state index contributed by atoms with van der Waals surface area (Å²) in [4.78, 5) is 0. The molecule has 3 unspecified atom stereocenters. The molecule has 0 aromatic heterocycles. The fourth-order valence-corrected chi connectivity index (χ4v) is 2.95. The first-order chi connectivity index (χ1) is 7.63. The SMILES string of the molecule is CC(O)(CNC1CCCCC1CN)C1CC1. The van der Waals surface area contributed by atoms with Crippen LogP contribution in [0.4, 0.5) is 0 Å². The summed E-state index contributed by atoms with van der Waals surface area (Å²) in [6.07, 6.45) is 7.49. The lowest BCUT2D eigenvalue weighted by molar-refractivity contribution is 0.0304. The van der Waals surface area contributed by atoms with Gasteiger partial charge in [0.05, 0.1) is 5.60 Å². The Kier molecular flexibility index (Phi) is 3.88. The van der Waals surface area contributed by atoms with E-state index in [1.807, 2.05) is 6.92 Å². The molecule has 0 aliphatic heterocycles. The van der Waals surface area contributed by atoms with Crippen LogP contribution in [0.5, 0.6) is 0 Å². The lowest BCUT2D eigenvalue weighted by atomic mass is 9.84. The van der Waals surface area contributed by atoms with E-state index < -0.39 is 5.60 Å². The summed E-state index contributed by atoms with van der Waals surface area (Å²) in [5.74, 6) is 1.14. The van der Waals surface area contributed by atoms with Crippen molar-refractivity contribution >= 4 is 0 Å². The monoisotopic (exact) mass is 226 g/mol. The smallest absolute Gasteiger partial charge is 0.0771 e. The molecule has 16 heavy (non-hydrogen) atoms. The first kappa shape index (κ1) is 12.3. The molecule has 0 spiro atoms. The van der Waals surface area contributed by atoms with Gasteiger partial charge in [-0.3, -0.25) is 0 Å². The molecule has 2 aliphatic rings. The fourth-order valence-electron chi connectivity index (χ4n) is 2.95. The molecule has 94 valence electrons. The standard InChI is InChI=1S/C13H26N2O/c1-13(16,11-6-7-11)9-15-12-5-3-2-4-10(12)8-14/h10-12,15-16H,2-9,14H2,1H3. The van der Waals surface area contributed by atoms with Crippen LogP contribution >= 0.6 is 0 Å². The van der Waals surface area contributed by atoms with Crippen LogP contribution in [0.15, 0.2) is 0 Å². The fraction of sp³-hybridized carbons (Fsp3) is 1.00. The third-order valence-electron chi connectivity index (χ3n) is 4.39. The van der Waals surface area contributed by atoms with Crippen LogP contribution < -0.4 is 11.1 Å². The minimum atomic E-state index is -0.503. The van der Waals surface area contributed by atoms with Gasteiger partial charge in [-0.25, -0.2) is 0 Å². The Morgan fingerprint density at radius 1 is 1.25 bits per heavy atom. The van der Waals surface area contributed by atoms with Gasteiger partial charge < -0.3 is 16.2 Å². The van der Waals surface area contributed by atoms with Gasteiger partial charge in [-0.05, 0) is 51.0 Å². The maximum atomic E-state index is 10.3. The van der Waals surface area contributed by atoms with Gasteiger partial charge >= 0.3 is 0 Å². The van der Waals surface area contributed by atoms with E-state index in [0.717, 1.165) is 13.1 Å². The molecule has 0 radical (unpaired) electrons. The average Bonchev–Trinajstić information content (AvgIpc) is 3.11. The van der Waals surface area contributed by atoms with Crippen LogP contribution in [-0.4, -0.2) is 29.8 Å². The molecule has 3 atom stereocenters. The molecule has 0 heterocycles. The second kappa shape index (κ2) is 5.03. The Morgan fingerprint density at radius 3 is 2.56 bits per heavy atom. The molecule has 2 aliphatic carbocycles. The zero-order valence-electron chi connectivity index (χ0n) is 10.4. The first-order valence-electron chi connectivity index (χ1n) is 6.79. The van der Waals surface area contributed by atoms with Gasteiger partial charge in [0.1, 0.15) is 0 Å². The normalized spacial score (nSPS) is 34.7. The minimum Gasteiger partial charge on any atom is -0.389 e. The molecule has 3 heteroatoms. The molecule has 2 fully saturated rings. The number of hydrogen-bond acceptors (Lipinski definition) is 3. The topological polar surface area (TPSA) is 58.3 Å². The zero-order chi connectivity index (χ0) is 11.6. The van der Waals surface area contributed by atoms with E-state index in [4.69, 9.17) is 5.73 Å². The highest BCUT2D eigenvalue weighted by molar-refractivity contribution is 4.94. The maximum Gasteiger partial charge on any atom is 0.0771 e. The Hall–Kier alpha value is -0.120. The molecule has 0 aromatic carbocycles. The summed E-state index contributed by atoms with van der Waals surface area (Å²) in [6, 6.07) is 0.531. The van der Waals surface area contributed by atoms with E-state index in [1.54, 1.807) is 0 Å². The average molecular weight is 226 g/mol. The second-order valence-corrected chi connectivity index (χ2v) is 5.90. The Morgan fingerprint density at radius 2 is 1.94 bits per heavy atom. The van der Waals surface area contributed by atoms with Gasteiger partial charge in [-0.15, -0.1) is 0 Å². The van der Waals surface area contributed by atoms with Crippen LogP contribution in [0.25, 0.3) is 0 Å². The number of aliphatic hydroxyl groups is 1. The van der Waals surface area contributed by atoms with E-state index in [0.29, 0.717) is 17.9 Å². The summed E-state index contributed by atoms with van der Waals surface area (Å²) in [5, 5.41) is 13.8. The second-order valence-electron chi connectivity index (χ2n) is 5.90. The van der Waals surface area contributed by atoms with Crippen molar-refractivity contribution < 1.29 is 5.11 Å². The third-order valence-corrected chi connectivity index (χ3v) is 4.39. The van der Waals surface area contributed by atoms with Crippen LogP contribution in [0, 0.1) is 11.8 Å². The van der Waals surface area contributed by atoms with Crippen molar-refractivity contribution in [2.45, 2.75) is 57.1 Å². The molecular formula is C13H26N2O. The van der Waals surface area contributed by atoms with E-state index in [2.05, 4.69) is 5.32 Å². The Labute approximate surface area is 98.8 Å². The van der Waals surface area contributed by atoms with E-state index >= 15 is 0 Å². The van der Waals surface area contributed by atoms with Crippen LogP contribution in [0.1, 0.15) is 45.4 Å². The molecule has 0 saturated heterocycles. The third kappa shape index (κ3) is 2.96. The van der Waals surface area contributed by atoms with Crippen molar-refractivity contribution in [2.75, 3.05) is 13.1 Å². The highest BCUT2D eigenvalue weighted by Crippen LogP contribution is 2.39. The molecule has 0 bridgehead atoms. The van der Waals surface area contributed by atoms with Crippen LogP contribution in [0.2, 0.25) is 0 Å². The van der Waals surface area contributed by atoms with Crippen LogP contribution in [0.3, 0.4) is 0 Å². The van der Waals surface area contributed by atoms with Crippen LogP contribution in [-0.2, 0) is 0 Å². The summed E-state index contributed by atoms with van der Waals surface area (Å²) in [7, 11) is 0. The molecule has 2 saturated carbocycles. The molecular weight excluding hydrogens is 200 g/mol. The predicted octanol–water partition coefficient (Wildman–Crippen LogP) is 1.25. The highest BCUT2D eigenvalue weighted by atomic mass is 16.3. The minimum absolute atomic E-state index is 0.503. The molecule has 0 amide bonds. The van der Waals surface area contributed by atoms with E-state index in [9.17, 15) is 5.11 Å². The summed E-state index contributed by atoms with van der Waals surface area (Å²) < 4.78 is 0. The van der Waals surface area contributed by atoms with Crippen molar-refractivity contribution in [2.24, 2.45) is 17.6 Å². The lowest BCUT2D eigenvalue weighted by Gasteiger charge is -2.34. The predicted molar refractivity (Wildman–Crippen MR) is 66.2 cm³/mol. The lowest BCUT2D eigenvalue weighted by Crippen LogP contribution is -2.48.